The second-order valence-corrected chi connectivity index (χ2v) is 8.20. The van der Waals surface area contributed by atoms with E-state index in [1.807, 2.05) is 49.4 Å². The highest BCUT2D eigenvalue weighted by Crippen LogP contribution is 2.37. The van der Waals surface area contributed by atoms with E-state index in [2.05, 4.69) is 5.32 Å². The molecule has 1 heterocycles. The van der Waals surface area contributed by atoms with Crippen LogP contribution >= 0.6 is 0 Å². The van der Waals surface area contributed by atoms with Crippen molar-refractivity contribution in [1.82, 2.24) is 10.2 Å². The van der Waals surface area contributed by atoms with Gasteiger partial charge in [-0.1, -0.05) is 37.1 Å². The predicted octanol–water partition coefficient (Wildman–Crippen LogP) is 4.24. The van der Waals surface area contributed by atoms with Crippen LogP contribution in [0.3, 0.4) is 0 Å². The summed E-state index contributed by atoms with van der Waals surface area (Å²) in [6, 6.07) is 13.2. The molecule has 0 unspecified atom stereocenters. The van der Waals surface area contributed by atoms with Gasteiger partial charge in [0.2, 0.25) is 5.91 Å². The number of nitrogens with one attached hydrogen (secondary N) is 1. The van der Waals surface area contributed by atoms with Crippen molar-refractivity contribution in [2.45, 2.75) is 57.7 Å². The van der Waals surface area contributed by atoms with E-state index in [1.54, 1.807) is 12.0 Å². The van der Waals surface area contributed by atoms with E-state index < -0.39 is 0 Å². The van der Waals surface area contributed by atoms with Gasteiger partial charge in [-0.25, -0.2) is 0 Å². The molecule has 0 spiro atoms. The zero-order valence-corrected chi connectivity index (χ0v) is 18.2. The third kappa shape index (κ3) is 4.53. The fourth-order valence-electron chi connectivity index (χ4n) is 4.64. The molecule has 31 heavy (non-hydrogen) atoms. The molecule has 1 aliphatic carbocycles. The largest absolute Gasteiger partial charge is 0.493 e. The maximum atomic E-state index is 13.2. The lowest BCUT2D eigenvalue weighted by Gasteiger charge is -2.29. The lowest BCUT2D eigenvalue weighted by atomic mass is 10.0. The van der Waals surface area contributed by atoms with Crippen LogP contribution < -0.4 is 14.8 Å². The summed E-state index contributed by atoms with van der Waals surface area (Å²) >= 11 is 0. The Bertz CT molecular complexity index is 952. The fraction of sp³-hybridized carbons (Fsp3) is 0.440. The number of nitrogens with zero attached hydrogens (tertiary/aromatic N) is 1. The molecule has 6 nitrogen and oxygen atoms in total. The summed E-state index contributed by atoms with van der Waals surface area (Å²) in [5, 5.41) is 3.17. The minimum atomic E-state index is -0.383. The highest BCUT2D eigenvalue weighted by molar-refractivity contribution is 5.98. The van der Waals surface area contributed by atoms with Gasteiger partial charge in [-0.3, -0.25) is 9.59 Å². The molecule has 1 fully saturated rings. The number of carbonyl (C=O) groups excluding carboxylic acids is 2. The first-order valence-electron chi connectivity index (χ1n) is 11.1. The van der Waals surface area contributed by atoms with Gasteiger partial charge in [0.25, 0.3) is 5.91 Å². The van der Waals surface area contributed by atoms with E-state index >= 15 is 0 Å². The third-order valence-corrected chi connectivity index (χ3v) is 6.20. The van der Waals surface area contributed by atoms with Crippen molar-refractivity contribution in [2.24, 2.45) is 0 Å². The van der Waals surface area contributed by atoms with E-state index in [0.717, 1.165) is 36.8 Å². The predicted molar refractivity (Wildman–Crippen MR) is 118 cm³/mol. The first-order valence-corrected chi connectivity index (χ1v) is 11.1. The van der Waals surface area contributed by atoms with E-state index in [9.17, 15) is 9.59 Å². The van der Waals surface area contributed by atoms with Crippen LogP contribution in [0.4, 0.5) is 0 Å². The molecule has 1 N–H and O–H groups in total. The molecule has 1 saturated carbocycles. The number of carbonyl (C=O) groups is 2. The second-order valence-electron chi connectivity index (χ2n) is 8.20. The van der Waals surface area contributed by atoms with Gasteiger partial charge in [0.15, 0.2) is 11.5 Å². The molecule has 0 saturated heterocycles. The molecule has 4 rings (SSSR count). The molecule has 6 heteroatoms. The summed E-state index contributed by atoms with van der Waals surface area (Å²) in [5.41, 5.74) is 2.57. The lowest BCUT2D eigenvalue weighted by Crippen LogP contribution is -2.37. The number of methoxy groups -OCH3 is 1. The third-order valence-electron chi connectivity index (χ3n) is 6.20. The van der Waals surface area contributed by atoms with Gasteiger partial charge in [0, 0.05) is 18.2 Å². The smallest absolute Gasteiger partial charge is 0.255 e. The van der Waals surface area contributed by atoms with Crippen LogP contribution in [-0.2, 0) is 11.3 Å². The summed E-state index contributed by atoms with van der Waals surface area (Å²) in [6.07, 6.45) is 4.59. The fourth-order valence-corrected chi connectivity index (χ4v) is 4.64. The topological polar surface area (TPSA) is 67.9 Å². The molecule has 2 aromatic rings. The molecular formula is C25H30N2O4. The molecule has 2 aromatic carbocycles. The Kier molecular flexibility index (Phi) is 6.44. The van der Waals surface area contributed by atoms with Crippen LogP contribution in [0.5, 0.6) is 11.5 Å². The van der Waals surface area contributed by atoms with Gasteiger partial charge in [-0.05, 0) is 49.1 Å². The van der Waals surface area contributed by atoms with Gasteiger partial charge in [-0.15, -0.1) is 0 Å². The number of fused-ring (bicyclic) bond motifs is 1. The van der Waals surface area contributed by atoms with E-state index in [4.69, 9.17) is 9.47 Å². The zero-order valence-electron chi connectivity index (χ0n) is 18.2. The van der Waals surface area contributed by atoms with Crippen molar-refractivity contribution in [3.05, 3.63) is 59.2 Å². The SMILES string of the molecule is CCOc1ccc([C@@H](CC(=O)NC2CCCC2)N2Cc3ccccc3C2=O)cc1OC. The minimum Gasteiger partial charge on any atom is -0.493 e. The van der Waals surface area contributed by atoms with Crippen molar-refractivity contribution < 1.29 is 19.1 Å². The highest BCUT2D eigenvalue weighted by atomic mass is 16.5. The maximum absolute atomic E-state index is 13.2. The number of hydrogen-bond donors (Lipinski definition) is 1. The number of rotatable bonds is 8. The first-order chi connectivity index (χ1) is 15.1. The molecule has 2 amide bonds. The monoisotopic (exact) mass is 422 g/mol. The van der Waals surface area contributed by atoms with Crippen LogP contribution in [0, 0.1) is 0 Å². The molecule has 0 radical (unpaired) electrons. The average Bonchev–Trinajstić information content (AvgIpc) is 3.40. The molecular weight excluding hydrogens is 392 g/mol. The van der Waals surface area contributed by atoms with Gasteiger partial charge in [-0.2, -0.15) is 0 Å². The zero-order chi connectivity index (χ0) is 21.8. The Morgan fingerprint density at radius 1 is 1.16 bits per heavy atom. The number of amides is 2. The second kappa shape index (κ2) is 9.41. The molecule has 0 aromatic heterocycles. The van der Waals surface area contributed by atoms with E-state index in [0.29, 0.717) is 30.2 Å². The lowest BCUT2D eigenvalue weighted by molar-refractivity contribution is -0.122. The van der Waals surface area contributed by atoms with Gasteiger partial charge < -0.3 is 19.7 Å². The standard InChI is InChI=1S/C25H30N2O4/c1-3-31-22-13-12-17(14-23(22)30-2)21(15-24(28)26-19-9-5-6-10-19)27-16-18-8-4-7-11-20(18)25(27)29/h4,7-8,11-14,19,21H,3,5-6,9-10,15-16H2,1-2H3,(H,26,28)/t21-/m1/s1. The molecule has 2 aliphatic rings. The Morgan fingerprint density at radius 3 is 2.65 bits per heavy atom. The highest BCUT2D eigenvalue weighted by Gasteiger charge is 2.35. The van der Waals surface area contributed by atoms with Gasteiger partial charge >= 0.3 is 0 Å². The Balaban J connectivity index is 1.63. The first kappa shape index (κ1) is 21.2. The minimum absolute atomic E-state index is 0.0199. The van der Waals surface area contributed by atoms with Gasteiger partial charge in [0.05, 0.1) is 26.2 Å². The number of ether oxygens (including phenoxy) is 2. The Labute approximate surface area is 183 Å². The van der Waals surface area contributed by atoms with Crippen molar-refractivity contribution in [2.75, 3.05) is 13.7 Å². The van der Waals surface area contributed by atoms with Crippen molar-refractivity contribution >= 4 is 11.8 Å². The van der Waals surface area contributed by atoms with Crippen LogP contribution in [-0.4, -0.2) is 36.5 Å². The number of hydrogen-bond acceptors (Lipinski definition) is 4. The summed E-state index contributed by atoms with van der Waals surface area (Å²) in [4.78, 5) is 27.9. The van der Waals surface area contributed by atoms with E-state index in [1.165, 1.54) is 0 Å². The summed E-state index contributed by atoms with van der Waals surface area (Å²) in [7, 11) is 1.60. The van der Waals surface area contributed by atoms with Crippen molar-refractivity contribution in [3.63, 3.8) is 0 Å². The molecule has 0 bridgehead atoms. The summed E-state index contributed by atoms with van der Waals surface area (Å²) in [6.45, 7) is 2.94. The number of benzene rings is 2. The van der Waals surface area contributed by atoms with Crippen LogP contribution in [0.1, 0.15) is 66.6 Å². The van der Waals surface area contributed by atoms with Gasteiger partial charge in [0.1, 0.15) is 0 Å². The van der Waals surface area contributed by atoms with Crippen LogP contribution in [0.25, 0.3) is 0 Å². The Hall–Kier alpha value is -3.02. The average molecular weight is 423 g/mol. The van der Waals surface area contributed by atoms with Crippen molar-refractivity contribution in [3.8, 4) is 11.5 Å². The molecule has 1 atom stereocenters. The molecule has 164 valence electrons. The maximum Gasteiger partial charge on any atom is 0.255 e. The quantitative estimate of drug-likeness (QED) is 0.691. The summed E-state index contributed by atoms with van der Waals surface area (Å²) < 4.78 is 11.2. The van der Waals surface area contributed by atoms with E-state index in [-0.39, 0.29) is 30.3 Å². The summed E-state index contributed by atoms with van der Waals surface area (Å²) in [5.74, 6) is 1.19. The normalized spacial score (nSPS) is 16.8. The van der Waals surface area contributed by atoms with Crippen LogP contribution in [0.2, 0.25) is 0 Å². The molecule has 1 aliphatic heterocycles. The Morgan fingerprint density at radius 2 is 1.94 bits per heavy atom. The van der Waals surface area contributed by atoms with Crippen LogP contribution in [0.15, 0.2) is 42.5 Å². The van der Waals surface area contributed by atoms with Crippen molar-refractivity contribution in [1.29, 1.82) is 0 Å².